The van der Waals surface area contributed by atoms with Crippen molar-refractivity contribution in [3.05, 3.63) is 95.5 Å². The number of Topliss-reactive ketones (excluding diaryl/α,β-unsaturated/α-hetero) is 1. The zero-order valence-electron chi connectivity index (χ0n) is 55.1. The Bertz CT molecular complexity index is 2170. The van der Waals surface area contributed by atoms with Crippen molar-refractivity contribution in [2.24, 2.45) is 16.8 Å². The lowest BCUT2D eigenvalue weighted by molar-refractivity contribution is -0.125. The Morgan fingerprint density at radius 2 is 1.47 bits per heavy atom. The van der Waals surface area contributed by atoms with Crippen LogP contribution in [0.4, 0.5) is 11.4 Å². The fourth-order valence-corrected chi connectivity index (χ4v) is 10.4. The first kappa shape index (κ1) is 75.7. The summed E-state index contributed by atoms with van der Waals surface area (Å²) in [5, 5.41) is 8.24. The molecule has 3 fully saturated rings. The number of amides is 3. The summed E-state index contributed by atoms with van der Waals surface area (Å²) in [5.41, 5.74) is 8.68. The Morgan fingerprint density at radius 3 is 2.01 bits per heavy atom. The Hall–Kier alpha value is -5.31. The quantitative estimate of drug-likeness (QED) is 0.0220. The summed E-state index contributed by atoms with van der Waals surface area (Å²) in [6.45, 7) is 49.1. The molecule has 5 rings (SSSR count). The predicted octanol–water partition coefficient (Wildman–Crippen LogP) is 13.5. The minimum Gasteiger partial charge on any atom is -0.380 e. The van der Waals surface area contributed by atoms with Crippen LogP contribution in [0.1, 0.15) is 206 Å². The summed E-state index contributed by atoms with van der Waals surface area (Å²) in [4.78, 5) is 63.4. The Labute approximate surface area is 506 Å². The zero-order valence-corrected chi connectivity index (χ0v) is 55.1. The summed E-state index contributed by atoms with van der Waals surface area (Å²) < 4.78 is 6.16. The predicted molar refractivity (Wildman–Crippen MR) is 354 cm³/mol. The van der Waals surface area contributed by atoms with Gasteiger partial charge in [0.2, 0.25) is 12.3 Å². The van der Waals surface area contributed by atoms with Crippen molar-refractivity contribution in [1.29, 1.82) is 0 Å². The molecule has 3 N–H and O–H groups in total. The van der Waals surface area contributed by atoms with E-state index in [-0.39, 0.29) is 29.6 Å². The third-order valence-electron chi connectivity index (χ3n) is 15.2. The molecule has 470 valence electrons. The third kappa shape index (κ3) is 30.4. The van der Waals surface area contributed by atoms with Crippen LogP contribution in [0.25, 0.3) is 0 Å². The van der Waals surface area contributed by atoms with Gasteiger partial charge in [0.15, 0.2) is 5.78 Å². The maximum absolute atomic E-state index is 13.6. The van der Waals surface area contributed by atoms with Crippen LogP contribution in [0.2, 0.25) is 0 Å². The number of nitrogens with zero attached hydrogens (tertiary/aromatic N) is 6. The molecule has 2 aromatic carbocycles. The lowest BCUT2D eigenvalue weighted by Crippen LogP contribution is -2.49. The van der Waals surface area contributed by atoms with Crippen LogP contribution in [0.15, 0.2) is 83.8 Å². The van der Waals surface area contributed by atoms with Crippen LogP contribution in [-0.2, 0) is 20.7 Å². The van der Waals surface area contributed by atoms with Crippen molar-refractivity contribution in [2.45, 2.75) is 192 Å². The lowest BCUT2D eigenvalue weighted by atomic mass is 9.95. The topological polar surface area (TPSA) is 142 Å². The van der Waals surface area contributed by atoms with E-state index in [9.17, 15) is 14.4 Å². The number of benzene rings is 2. The van der Waals surface area contributed by atoms with E-state index < -0.39 is 0 Å². The number of allylic oxidation sites excluding steroid dienone is 2. The molecule has 2 aromatic rings. The van der Waals surface area contributed by atoms with Gasteiger partial charge in [-0.15, -0.1) is 0 Å². The molecular formula is C69H119N9O5. The van der Waals surface area contributed by atoms with Crippen molar-refractivity contribution < 1.29 is 23.9 Å². The number of aryl methyl sites for hydroxylation is 1. The van der Waals surface area contributed by atoms with Gasteiger partial charge in [-0.25, -0.2) is 0 Å². The molecule has 0 saturated carbocycles. The van der Waals surface area contributed by atoms with Gasteiger partial charge >= 0.3 is 0 Å². The van der Waals surface area contributed by atoms with E-state index in [1.165, 1.54) is 50.8 Å². The summed E-state index contributed by atoms with van der Waals surface area (Å²) in [6.07, 6.45) is 18.9. The number of unbranched alkanes of at least 4 members (excludes halogenated alkanes) is 3. The number of rotatable bonds is 31. The van der Waals surface area contributed by atoms with Gasteiger partial charge in [0.1, 0.15) is 0 Å². The van der Waals surface area contributed by atoms with Gasteiger partial charge in [0, 0.05) is 125 Å². The highest BCUT2D eigenvalue weighted by atomic mass is 16.5. The summed E-state index contributed by atoms with van der Waals surface area (Å²) in [7, 11) is 1.56. The maximum atomic E-state index is 13.6. The Morgan fingerprint density at radius 1 is 0.831 bits per heavy atom. The Kier molecular flexibility index (Phi) is 42.0. The number of piperazine rings is 1. The van der Waals surface area contributed by atoms with E-state index in [0.717, 1.165) is 182 Å². The van der Waals surface area contributed by atoms with Crippen LogP contribution in [-0.4, -0.2) is 149 Å². The number of piperidine rings is 2. The number of carbonyl (C=O) groups excluding carboxylic acids is 4. The van der Waals surface area contributed by atoms with Crippen LogP contribution < -0.4 is 25.8 Å². The number of likely N-dealkylation sites (tertiary alicyclic amines) is 1. The third-order valence-corrected chi connectivity index (χ3v) is 15.2. The monoisotopic (exact) mass is 1150 g/mol. The van der Waals surface area contributed by atoms with E-state index in [4.69, 9.17) is 14.5 Å². The number of hydrogen-bond donors (Lipinski definition) is 3. The molecule has 3 aliphatic heterocycles. The van der Waals surface area contributed by atoms with Crippen LogP contribution in [0.3, 0.4) is 0 Å². The highest BCUT2D eigenvalue weighted by molar-refractivity contribution is 5.96. The second kappa shape index (κ2) is 46.0. The molecule has 3 amide bonds. The van der Waals surface area contributed by atoms with Crippen molar-refractivity contribution in [2.75, 3.05) is 109 Å². The van der Waals surface area contributed by atoms with E-state index in [2.05, 4.69) is 145 Å². The number of nitrogens with one attached hydrogen (secondary N) is 3. The number of ketones is 1. The summed E-state index contributed by atoms with van der Waals surface area (Å²) in [5.74, 6) is 1.19. The van der Waals surface area contributed by atoms with E-state index in [0.29, 0.717) is 18.6 Å². The molecule has 3 aliphatic rings. The number of carbonyl (C=O) groups is 4. The smallest absolute Gasteiger partial charge is 0.251 e. The molecule has 2 unspecified atom stereocenters. The SMILES string of the molecule is C=C(/C=C(\N=C(C)CCCOCCN1CCC(CN2CCN(c3ccc(CC)c(C(C)=O)c3)CC2)CC1)C(C)NC(=O)c1ccc(N(CCC)CCC)cc1)N(CC)CCCCCC.C=C1CCC(CC)C(=O)N1.CC.CCC.CNC=O. The van der Waals surface area contributed by atoms with Crippen molar-refractivity contribution in [3.63, 3.8) is 0 Å². The number of ether oxygens (including phenoxy) is 1. The minimum atomic E-state index is -0.294. The van der Waals surface area contributed by atoms with Crippen molar-refractivity contribution in [1.82, 2.24) is 30.7 Å². The molecular weight excluding hydrogens is 1030 g/mol. The zero-order chi connectivity index (χ0) is 62.0. The molecule has 0 bridgehead atoms. The fraction of sp³-hybridized carbons (Fsp3) is 0.667. The Balaban J connectivity index is 0.00000155. The maximum Gasteiger partial charge on any atom is 0.251 e. The molecule has 0 aliphatic carbocycles. The average Bonchev–Trinajstić information content (AvgIpc) is 3.57. The van der Waals surface area contributed by atoms with Gasteiger partial charge in [-0.2, -0.15) is 0 Å². The second-order valence-electron chi connectivity index (χ2n) is 22.2. The van der Waals surface area contributed by atoms with Gasteiger partial charge < -0.3 is 40.3 Å². The van der Waals surface area contributed by atoms with Gasteiger partial charge in [0.05, 0.1) is 18.3 Å². The summed E-state index contributed by atoms with van der Waals surface area (Å²) >= 11 is 0. The van der Waals surface area contributed by atoms with Crippen LogP contribution in [0.5, 0.6) is 0 Å². The molecule has 0 spiro atoms. The molecule has 83 heavy (non-hydrogen) atoms. The molecule has 14 heteroatoms. The number of likely N-dealkylation sites (N-methyl/N-ethyl adjacent to an activating group) is 1. The molecule has 3 heterocycles. The largest absolute Gasteiger partial charge is 0.380 e. The van der Waals surface area contributed by atoms with Gasteiger partial charge in [-0.3, -0.25) is 29.1 Å². The fourth-order valence-electron chi connectivity index (χ4n) is 10.4. The normalized spacial score (nSPS) is 16.2. The molecule has 2 atom stereocenters. The second-order valence-corrected chi connectivity index (χ2v) is 22.2. The molecule has 0 aromatic heterocycles. The van der Waals surface area contributed by atoms with E-state index >= 15 is 0 Å². The number of anilines is 2. The highest BCUT2D eigenvalue weighted by Crippen LogP contribution is 2.25. The first-order chi connectivity index (χ1) is 40.1. The van der Waals surface area contributed by atoms with Gasteiger partial charge in [-0.05, 0) is 165 Å². The molecule has 3 saturated heterocycles. The lowest BCUT2D eigenvalue weighted by Gasteiger charge is -2.39. The molecule has 0 radical (unpaired) electrons. The summed E-state index contributed by atoms with van der Waals surface area (Å²) in [6, 6.07) is 14.2. The van der Waals surface area contributed by atoms with Crippen LogP contribution in [0, 0.1) is 11.8 Å². The van der Waals surface area contributed by atoms with E-state index in [1.807, 2.05) is 39.8 Å². The standard InChI is InChI=1S/C54H87N7O3.C8H13NO.C3H8.C2H5NO.C2H6/c1-10-15-16-17-30-59(14-5)44(7)40-53(45(8)56-54(63)49-21-23-50(24-22-49)60(28-11-2)29-12-3)55-43(6)19-18-38-64-39-37-57-31-26-47(27-32-57)42-58-33-35-61(36-34-58)51-25-20-48(13-4)52(41-51)46(9)62;1-3-7-5-4-6(2)9-8(7)10;1-3-2;1-3-2-4;1-2/h20-25,40-41,45,47H,7,10-19,26-39,42H2,1-6,8-9H3,(H,56,63);7H,2-5H2,1H3,(H,9,10);3H2,1-2H3;2H,1H3,(H,3,4);1-2H3/b53-40-,55-43?;;;;. The highest BCUT2D eigenvalue weighted by Gasteiger charge is 2.25. The number of aliphatic imine (C=N–C) groups is 1. The number of hydrogen-bond acceptors (Lipinski definition) is 11. The average molecular weight is 1150 g/mol. The first-order valence-electron chi connectivity index (χ1n) is 32.4. The van der Waals surface area contributed by atoms with Crippen LogP contribution >= 0.6 is 0 Å². The van der Waals surface area contributed by atoms with Crippen molar-refractivity contribution >= 4 is 41.1 Å². The first-order valence-corrected chi connectivity index (χ1v) is 32.4. The van der Waals surface area contributed by atoms with Crippen molar-refractivity contribution in [3.8, 4) is 0 Å². The van der Waals surface area contributed by atoms with Gasteiger partial charge in [0.25, 0.3) is 5.91 Å². The van der Waals surface area contributed by atoms with Gasteiger partial charge in [-0.1, -0.05) is 107 Å². The minimum absolute atomic E-state index is 0.0972. The van der Waals surface area contributed by atoms with E-state index in [1.54, 1.807) is 14.0 Å². The molecule has 14 nitrogen and oxygen atoms in total.